The zero-order valence-electron chi connectivity index (χ0n) is 14.0. The van der Waals surface area contributed by atoms with Gasteiger partial charge in [-0.05, 0) is 36.8 Å². The first-order valence-corrected chi connectivity index (χ1v) is 8.49. The molecule has 6 nitrogen and oxygen atoms in total. The van der Waals surface area contributed by atoms with Gasteiger partial charge in [-0.3, -0.25) is 0 Å². The summed E-state index contributed by atoms with van der Waals surface area (Å²) in [5.41, 5.74) is 12.1. The van der Waals surface area contributed by atoms with E-state index in [1.165, 1.54) is 6.07 Å². The summed E-state index contributed by atoms with van der Waals surface area (Å²) >= 11 is 5.85. The van der Waals surface area contributed by atoms with Gasteiger partial charge in [0.15, 0.2) is 6.17 Å². The van der Waals surface area contributed by atoms with Crippen LogP contribution in [0.4, 0.5) is 4.39 Å². The molecule has 0 amide bonds. The molecule has 0 radical (unpaired) electrons. The van der Waals surface area contributed by atoms with Crippen molar-refractivity contribution in [2.45, 2.75) is 12.6 Å². The van der Waals surface area contributed by atoms with Gasteiger partial charge in [0.05, 0.1) is 6.61 Å². The van der Waals surface area contributed by atoms with Crippen LogP contribution in [0.1, 0.15) is 18.2 Å². The van der Waals surface area contributed by atoms with E-state index in [1.807, 2.05) is 0 Å². The van der Waals surface area contributed by atoms with Gasteiger partial charge in [-0.2, -0.15) is 4.99 Å². The molecule has 1 unspecified atom stereocenters. The van der Waals surface area contributed by atoms with Crippen molar-refractivity contribution in [1.29, 1.82) is 0 Å². The van der Waals surface area contributed by atoms with Gasteiger partial charge in [-0.15, -0.1) is 0 Å². The van der Waals surface area contributed by atoms with Crippen molar-refractivity contribution in [2.75, 3.05) is 13.2 Å². The summed E-state index contributed by atoms with van der Waals surface area (Å²) in [6, 6.07) is 13.5. The molecule has 3 rings (SSSR count). The Morgan fingerprint density at radius 1 is 1.12 bits per heavy atom. The van der Waals surface area contributed by atoms with Gasteiger partial charge in [0.2, 0.25) is 11.9 Å². The van der Waals surface area contributed by atoms with Gasteiger partial charge in [-0.25, -0.2) is 9.38 Å². The topological polar surface area (TPSA) is 89.2 Å². The van der Waals surface area contributed by atoms with E-state index in [2.05, 4.69) is 9.98 Å². The maximum absolute atomic E-state index is 14.2. The molecule has 0 saturated heterocycles. The predicted octanol–water partition coefficient (Wildman–Crippen LogP) is 2.89. The maximum atomic E-state index is 14.2. The van der Waals surface area contributed by atoms with E-state index in [0.29, 0.717) is 30.2 Å². The van der Waals surface area contributed by atoms with Crippen molar-refractivity contribution in [2.24, 2.45) is 21.5 Å². The van der Waals surface area contributed by atoms with Crippen molar-refractivity contribution in [3.8, 4) is 5.75 Å². The second kappa shape index (κ2) is 8.05. The molecular formula is C18H19ClFN5O. The van der Waals surface area contributed by atoms with E-state index in [4.69, 9.17) is 27.8 Å². The first-order valence-electron chi connectivity index (χ1n) is 8.11. The van der Waals surface area contributed by atoms with Crippen LogP contribution in [-0.2, 0) is 0 Å². The van der Waals surface area contributed by atoms with Crippen LogP contribution >= 0.6 is 11.6 Å². The first kappa shape index (κ1) is 18.0. The molecule has 4 N–H and O–H groups in total. The fraction of sp³-hybridized carbons (Fsp3) is 0.222. The third kappa shape index (κ3) is 4.23. The highest BCUT2D eigenvalue weighted by Crippen LogP contribution is 2.27. The third-order valence-corrected chi connectivity index (χ3v) is 4.13. The van der Waals surface area contributed by atoms with Crippen LogP contribution in [-0.4, -0.2) is 30.0 Å². The molecule has 0 bridgehead atoms. The molecule has 0 fully saturated rings. The second-order valence-corrected chi connectivity index (χ2v) is 6.14. The minimum Gasteiger partial charge on any atom is -0.494 e. The largest absolute Gasteiger partial charge is 0.494 e. The highest BCUT2D eigenvalue weighted by atomic mass is 35.5. The summed E-state index contributed by atoms with van der Waals surface area (Å²) in [4.78, 5) is 9.94. The average Bonchev–Trinajstić information content (AvgIpc) is 2.62. The molecule has 2 aromatic rings. The quantitative estimate of drug-likeness (QED) is 0.760. The third-order valence-electron chi connectivity index (χ3n) is 3.88. The van der Waals surface area contributed by atoms with Crippen LogP contribution in [0.5, 0.6) is 5.75 Å². The number of aliphatic imine (C=N–C) groups is 2. The van der Waals surface area contributed by atoms with E-state index in [1.54, 1.807) is 47.4 Å². The number of hydrogen-bond donors (Lipinski definition) is 2. The van der Waals surface area contributed by atoms with Gasteiger partial charge < -0.3 is 21.1 Å². The number of ether oxygens (including phenoxy) is 1. The Bertz CT molecular complexity index is 825. The van der Waals surface area contributed by atoms with Crippen LogP contribution in [0.2, 0.25) is 5.02 Å². The van der Waals surface area contributed by atoms with Crippen molar-refractivity contribution in [1.82, 2.24) is 4.90 Å². The Morgan fingerprint density at radius 2 is 1.85 bits per heavy atom. The summed E-state index contributed by atoms with van der Waals surface area (Å²) in [5.74, 6) is 0.593. The minimum absolute atomic E-state index is 0.0319. The molecule has 0 spiro atoms. The highest BCUT2D eigenvalue weighted by Gasteiger charge is 2.27. The number of guanidine groups is 2. The van der Waals surface area contributed by atoms with Gasteiger partial charge in [0.1, 0.15) is 11.6 Å². The second-order valence-electron chi connectivity index (χ2n) is 5.70. The van der Waals surface area contributed by atoms with Crippen LogP contribution in [0.25, 0.3) is 0 Å². The monoisotopic (exact) mass is 375 g/mol. The number of benzene rings is 2. The molecule has 0 aliphatic carbocycles. The lowest BCUT2D eigenvalue weighted by molar-refractivity contribution is 0.255. The van der Waals surface area contributed by atoms with E-state index in [9.17, 15) is 4.39 Å². The van der Waals surface area contributed by atoms with Crippen molar-refractivity contribution >= 4 is 23.5 Å². The van der Waals surface area contributed by atoms with E-state index < -0.39 is 6.17 Å². The molecule has 26 heavy (non-hydrogen) atoms. The maximum Gasteiger partial charge on any atom is 0.220 e. The zero-order chi connectivity index (χ0) is 18.5. The van der Waals surface area contributed by atoms with Crippen molar-refractivity contribution in [3.63, 3.8) is 0 Å². The first-order chi connectivity index (χ1) is 12.5. The SMILES string of the molecule is NC1=NC(c2ccccc2F)N(CCCOc2ccc(Cl)cc2)C(N)=N1. The van der Waals surface area contributed by atoms with Gasteiger partial charge >= 0.3 is 0 Å². The van der Waals surface area contributed by atoms with Gasteiger partial charge in [0.25, 0.3) is 0 Å². The lowest BCUT2D eigenvalue weighted by Crippen LogP contribution is -2.45. The van der Waals surface area contributed by atoms with E-state index in [-0.39, 0.29) is 17.7 Å². The minimum atomic E-state index is -0.649. The molecule has 0 saturated carbocycles. The van der Waals surface area contributed by atoms with Crippen molar-refractivity contribution < 1.29 is 9.13 Å². The number of hydrogen-bond acceptors (Lipinski definition) is 6. The van der Waals surface area contributed by atoms with Gasteiger partial charge in [0, 0.05) is 17.1 Å². The highest BCUT2D eigenvalue weighted by molar-refractivity contribution is 6.30. The summed E-state index contributed by atoms with van der Waals surface area (Å²) in [6.07, 6.45) is -0.0107. The summed E-state index contributed by atoms with van der Waals surface area (Å²) in [7, 11) is 0. The lowest BCUT2D eigenvalue weighted by Gasteiger charge is -2.32. The molecule has 2 aromatic carbocycles. The fourth-order valence-electron chi connectivity index (χ4n) is 2.65. The molecular weight excluding hydrogens is 357 g/mol. The standard InChI is InChI=1S/C18H19ClFN5O/c19-12-6-8-13(9-7-12)26-11-3-10-25-16(23-17(21)24-18(25)22)14-4-1-2-5-15(14)20/h1-2,4-9,16H,3,10-11H2,(H4,21,22,23,24). The Morgan fingerprint density at radius 3 is 2.58 bits per heavy atom. The number of halogens is 2. The lowest BCUT2D eigenvalue weighted by atomic mass is 10.1. The summed E-state index contributed by atoms with van der Waals surface area (Å²) in [6.45, 7) is 0.938. The molecule has 136 valence electrons. The molecule has 0 aromatic heterocycles. The zero-order valence-corrected chi connectivity index (χ0v) is 14.7. The van der Waals surface area contributed by atoms with E-state index in [0.717, 1.165) is 5.75 Å². The Kier molecular flexibility index (Phi) is 5.58. The molecule has 1 aliphatic rings. The molecule has 1 atom stereocenters. The number of nitrogens with zero attached hydrogens (tertiary/aromatic N) is 3. The van der Waals surface area contributed by atoms with Crippen LogP contribution in [0.3, 0.4) is 0 Å². The fourth-order valence-corrected chi connectivity index (χ4v) is 2.77. The van der Waals surface area contributed by atoms with Crippen LogP contribution < -0.4 is 16.2 Å². The normalized spacial score (nSPS) is 16.8. The van der Waals surface area contributed by atoms with E-state index >= 15 is 0 Å². The Hall–Kier alpha value is -2.80. The molecule has 8 heteroatoms. The molecule has 1 heterocycles. The number of nitrogens with two attached hydrogens (primary N) is 2. The summed E-state index contributed by atoms with van der Waals surface area (Å²) < 4.78 is 19.9. The summed E-state index contributed by atoms with van der Waals surface area (Å²) in [5, 5.41) is 0.651. The van der Waals surface area contributed by atoms with Crippen LogP contribution in [0.15, 0.2) is 58.5 Å². The van der Waals surface area contributed by atoms with Gasteiger partial charge in [-0.1, -0.05) is 29.8 Å². The predicted molar refractivity (Wildman–Crippen MR) is 101 cm³/mol. The Balaban J connectivity index is 1.65. The van der Waals surface area contributed by atoms with Crippen molar-refractivity contribution in [3.05, 3.63) is 64.9 Å². The average molecular weight is 376 g/mol. The smallest absolute Gasteiger partial charge is 0.220 e. The Labute approximate surface area is 155 Å². The number of rotatable bonds is 6. The molecule has 1 aliphatic heterocycles. The van der Waals surface area contributed by atoms with Crippen LogP contribution in [0, 0.1) is 5.82 Å².